The zero-order valence-electron chi connectivity index (χ0n) is 10.8. The van der Waals surface area contributed by atoms with E-state index in [0.29, 0.717) is 18.1 Å². The first kappa shape index (κ1) is 16.7. The Kier molecular flexibility index (Phi) is 8.12. The van der Waals surface area contributed by atoms with Gasteiger partial charge in [-0.3, -0.25) is 0 Å². The lowest BCUT2D eigenvalue weighted by molar-refractivity contribution is 0.458. The maximum absolute atomic E-state index is 8.79. The second-order valence-corrected chi connectivity index (χ2v) is 3.66. The summed E-state index contributed by atoms with van der Waals surface area (Å²) in [5.41, 5.74) is 7.52. The minimum absolute atomic E-state index is 0. The third-order valence-corrected chi connectivity index (χ3v) is 2.57. The first-order chi connectivity index (χ1) is 8.21. The normalized spacial score (nSPS) is 10.4. The number of hydrogen-bond acceptors (Lipinski definition) is 2. The molecule has 0 saturated carbocycles. The number of halogens is 1. The molecule has 0 radical (unpaired) electrons. The zero-order valence-corrected chi connectivity index (χ0v) is 13.1. The van der Waals surface area contributed by atoms with Crippen LogP contribution in [-0.2, 0) is 6.54 Å². The van der Waals surface area contributed by atoms with Gasteiger partial charge in [0.2, 0.25) is 0 Å². The molecule has 4 nitrogen and oxygen atoms in total. The lowest BCUT2D eigenvalue weighted by atomic mass is 10.1. The molecule has 0 atom stereocenters. The molecule has 0 amide bonds. The minimum Gasteiger partial charge on any atom is -0.370 e. The van der Waals surface area contributed by atoms with Crippen molar-refractivity contribution in [2.75, 3.05) is 13.1 Å². The highest BCUT2D eigenvalue weighted by atomic mass is 127. The van der Waals surface area contributed by atoms with Crippen LogP contribution in [0, 0.1) is 11.3 Å². The van der Waals surface area contributed by atoms with Gasteiger partial charge >= 0.3 is 0 Å². The molecule has 1 aromatic carbocycles. The summed E-state index contributed by atoms with van der Waals surface area (Å²) >= 11 is 0. The molecule has 0 fully saturated rings. The number of benzene rings is 1. The van der Waals surface area contributed by atoms with Crippen molar-refractivity contribution < 1.29 is 0 Å². The molecule has 98 valence electrons. The summed E-state index contributed by atoms with van der Waals surface area (Å²) in [5, 5.41) is 8.79. The van der Waals surface area contributed by atoms with E-state index in [4.69, 9.17) is 11.0 Å². The maximum Gasteiger partial charge on any atom is 0.191 e. The van der Waals surface area contributed by atoms with Crippen LogP contribution in [0.3, 0.4) is 0 Å². The Morgan fingerprint density at radius 3 is 2.61 bits per heavy atom. The average Bonchev–Trinajstić information content (AvgIpc) is 2.38. The first-order valence-corrected chi connectivity index (χ1v) is 5.75. The Labute approximate surface area is 126 Å². The molecule has 0 aromatic heterocycles. The van der Waals surface area contributed by atoms with Gasteiger partial charge in [-0.15, -0.1) is 24.0 Å². The molecule has 0 heterocycles. The monoisotopic (exact) mass is 358 g/mol. The quantitative estimate of drug-likeness (QED) is 0.510. The van der Waals surface area contributed by atoms with Crippen LogP contribution >= 0.6 is 24.0 Å². The molecule has 0 saturated heterocycles. The highest BCUT2D eigenvalue weighted by molar-refractivity contribution is 14.0. The molecule has 18 heavy (non-hydrogen) atoms. The van der Waals surface area contributed by atoms with E-state index in [2.05, 4.69) is 11.1 Å². The Morgan fingerprint density at radius 2 is 2.06 bits per heavy atom. The van der Waals surface area contributed by atoms with E-state index in [1.807, 2.05) is 36.9 Å². The molecule has 1 rings (SSSR count). The summed E-state index contributed by atoms with van der Waals surface area (Å²) in [6, 6.07) is 9.52. The van der Waals surface area contributed by atoms with Crippen molar-refractivity contribution in [1.82, 2.24) is 4.90 Å². The maximum atomic E-state index is 8.79. The van der Waals surface area contributed by atoms with Gasteiger partial charge in [-0.1, -0.05) is 12.1 Å². The van der Waals surface area contributed by atoms with E-state index in [0.717, 1.165) is 18.7 Å². The van der Waals surface area contributed by atoms with Crippen LogP contribution in [-0.4, -0.2) is 23.9 Å². The SMILES string of the molecule is CCN(CC)C(N)=NCc1cccc(C#N)c1.I. The lowest BCUT2D eigenvalue weighted by Crippen LogP contribution is -2.37. The number of nitrogens with zero attached hydrogens (tertiary/aromatic N) is 3. The van der Waals surface area contributed by atoms with Gasteiger partial charge in [0.15, 0.2) is 5.96 Å². The van der Waals surface area contributed by atoms with E-state index in [1.54, 1.807) is 6.07 Å². The largest absolute Gasteiger partial charge is 0.370 e. The summed E-state index contributed by atoms with van der Waals surface area (Å²) in [6.45, 7) is 6.30. The van der Waals surface area contributed by atoms with Crippen LogP contribution < -0.4 is 5.73 Å². The molecule has 2 N–H and O–H groups in total. The summed E-state index contributed by atoms with van der Waals surface area (Å²) in [5.74, 6) is 0.553. The predicted molar refractivity (Wildman–Crippen MR) is 84.8 cm³/mol. The minimum atomic E-state index is 0. The molecule has 0 aliphatic rings. The van der Waals surface area contributed by atoms with Gasteiger partial charge in [-0.05, 0) is 31.5 Å². The average molecular weight is 358 g/mol. The van der Waals surface area contributed by atoms with Gasteiger partial charge in [-0.25, -0.2) is 4.99 Å². The van der Waals surface area contributed by atoms with Crippen LogP contribution in [0.5, 0.6) is 0 Å². The Bertz CT molecular complexity index is 433. The highest BCUT2D eigenvalue weighted by Crippen LogP contribution is 2.05. The van der Waals surface area contributed by atoms with Crippen molar-refractivity contribution in [2.45, 2.75) is 20.4 Å². The van der Waals surface area contributed by atoms with Crippen LogP contribution in [0.15, 0.2) is 29.3 Å². The first-order valence-electron chi connectivity index (χ1n) is 5.75. The number of hydrogen-bond donors (Lipinski definition) is 1. The van der Waals surface area contributed by atoms with Crippen molar-refractivity contribution in [3.63, 3.8) is 0 Å². The standard InChI is InChI=1S/C13H18N4.HI/c1-3-17(4-2)13(15)16-10-12-7-5-6-11(8-12)9-14;/h5-8H,3-4,10H2,1-2H3,(H2,15,16);1H. The van der Waals surface area contributed by atoms with Crippen molar-refractivity contribution in [1.29, 1.82) is 5.26 Å². The number of aliphatic imine (C=N–C) groups is 1. The molecule has 5 heteroatoms. The number of nitrogens with two attached hydrogens (primary N) is 1. The summed E-state index contributed by atoms with van der Waals surface area (Å²) in [4.78, 5) is 6.32. The Hall–Kier alpha value is -1.29. The zero-order chi connectivity index (χ0) is 12.7. The number of guanidine groups is 1. The van der Waals surface area contributed by atoms with Gasteiger partial charge in [0.1, 0.15) is 0 Å². The molecule has 0 aliphatic carbocycles. The van der Waals surface area contributed by atoms with Crippen LogP contribution in [0.1, 0.15) is 25.0 Å². The molecular formula is C13H19IN4. The lowest BCUT2D eigenvalue weighted by Gasteiger charge is -2.19. The Balaban J connectivity index is 0.00000289. The van der Waals surface area contributed by atoms with E-state index >= 15 is 0 Å². The summed E-state index contributed by atoms with van der Waals surface area (Å²) < 4.78 is 0. The van der Waals surface area contributed by atoms with E-state index < -0.39 is 0 Å². The number of nitriles is 1. The summed E-state index contributed by atoms with van der Waals surface area (Å²) in [7, 11) is 0. The van der Waals surface area contributed by atoms with Crippen molar-refractivity contribution in [2.24, 2.45) is 10.7 Å². The third-order valence-electron chi connectivity index (χ3n) is 2.57. The summed E-state index contributed by atoms with van der Waals surface area (Å²) in [6.07, 6.45) is 0. The van der Waals surface area contributed by atoms with E-state index in [-0.39, 0.29) is 24.0 Å². The van der Waals surface area contributed by atoms with E-state index in [1.165, 1.54) is 0 Å². The van der Waals surface area contributed by atoms with Gasteiger partial charge in [0.05, 0.1) is 18.2 Å². The van der Waals surface area contributed by atoms with Gasteiger partial charge in [-0.2, -0.15) is 5.26 Å². The highest BCUT2D eigenvalue weighted by Gasteiger charge is 2.01. The van der Waals surface area contributed by atoms with Crippen molar-refractivity contribution in [3.05, 3.63) is 35.4 Å². The van der Waals surface area contributed by atoms with Gasteiger partial charge < -0.3 is 10.6 Å². The second kappa shape index (κ2) is 8.75. The van der Waals surface area contributed by atoms with Crippen LogP contribution in [0.2, 0.25) is 0 Å². The fraction of sp³-hybridized carbons (Fsp3) is 0.385. The molecule has 0 spiro atoms. The molecule has 0 unspecified atom stereocenters. The van der Waals surface area contributed by atoms with Crippen molar-refractivity contribution >= 4 is 29.9 Å². The molecule has 1 aromatic rings. The molecule has 0 aliphatic heterocycles. The van der Waals surface area contributed by atoms with Gasteiger partial charge in [0.25, 0.3) is 0 Å². The molecular weight excluding hydrogens is 339 g/mol. The third kappa shape index (κ3) is 4.92. The Morgan fingerprint density at radius 1 is 1.39 bits per heavy atom. The van der Waals surface area contributed by atoms with Crippen molar-refractivity contribution in [3.8, 4) is 6.07 Å². The molecule has 0 bridgehead atoms. The fourth-order valence-electron chi connectivity index (χ4n) is 1.56. The predicted octanol–water partition coefficient (Wildman–Crippen LogP) is 2.33. The second-order valence-electron chi connectivity index (χ2n) is 3.66. The van der Waals surface area contributed by atoms with Crippen LogP contribution in [0.25, 0.3) is 0 Å². The van der Waals surface area contributed by atoms with Crippen LogP contribution in [0.4, 0.5) is 0 Å². The smallest absolute Gasteiger partial charge is 0.191 e. The topological polar surface area (TPSA) is 65.4 Å². The van der Waals surface area contributed by atoms with Gasteiger partial charge in [0, 0.05) is 13.1 Å². The number of rotatable bonds is 4. The fourth-order valence-corrected chi connectivity index (χ4v) is 1.56. The van der Waals surface area contributed by atoms with E-state index in [9.17, 15) is 0 Å².